The van der Waals surface area contributed by atoms with Gasteiger partial charge in [-0.05, 0) is 50.9 Å². The molecule has 2 fully saturated rings. The Morgan fingerprint density at radius 2 is 2.07 bits per heavy atom. The molecule has 1 atom stereocenters. The number of benzene rings is 1. The molecule has 7 heteroatoms. The number of anilines is 1. The Bertz CT molecular complexity index is 988. The van der Waals surface area contributed by atoms with E-state index in [4.69, 9.17) is 14.7 Å². The fraction of sp³-hybridized carbons (Fsp3) is 0.500. The predicted molar refractivity (Wildman–Crippen MR) is 114 cm³/mol. The van der Waals surface area contributed by atoms with Gasteiger partial charge in [0.1, 0.15) is 5.82 Å². The third-order valence-corrected chi connectivity index (χ3v) is 6.04. The highest BCUT2D eigenvalue weighted by molar-refractivity contribution is 5.82. The molecule has 2 saturated heterocycles. The average molecular weight is 393 g/mol. The van der Waals surface area contributed by atoms with Crippen LogP contribution in [0.4, 0.5) is 5.95 Å². The van der Waals surface area contributed by atoms with Crippen molar-refractivity contribution in [1.29, 1.82) is 0 Å². The summed E-state index contributed by atoms with van der Waals surface area (Å²) in [5.41, 5.74) is 4.25. The fourth-order valence-corrected chi connectivity index (χ4v) is 4.40. The van der Waals surface area contributed by atoms with Gasteiger partial charge in [-0.1, -0.05) is 6.07 Å². The van der Waals surface area contributed by atoms with Gasteiger partial charge in [-0.15, -0.1) is 0 Å². The Hall–Kier alpha value is -2.51. The molecular weight excluding hydrogens is 364 g/mol. The second kappa shape index (κ2) is 8.08. The first-order valence-electron chi connectivity index (χ1n) is 10.6. The minimum atomic E-state index is 0.644. The number of fused-ring (bicyclic) bond motifs is 1. The molecule has 1 N–H and O–H groups in total. The molecule has 2 aromatic heterocycles. The molecular formula is C22H28N6O. The van der Waals surface area contributed by atoms with Crippen molar-refractivity contribution < 1.29 is 4.74 Å². The summed E-state index contributed by atoms with van der Waals surface area (Å²) in [5, 5.41) is 3.59. The molecule has 1 unspecified atom stereocenters. The van der Waals surface area contributed by atoms with Crippen molar-refractivity contribution >= 4 is 17.0 Å². The van der Waals surface area contributed by atoms with Crippen LogP contribution in [-0.4, -0.2) is 58.4 Å². The van der Waals surface area contributed by atoms with Crippen LogP contribution in [-0.2, 0) is 11.3 Å². The maximum Gasteiger partial charge on any atom is 0.226 e. The molecule has 2 aliphatic heterocycles. The van der Waals surface area contributed by atoms with E-state index in [0.717, 1.165) is 74.4 Å². The molecule has 0 amide bonds. The lowest BCUT2D eigenvalue weighted by Gasteiger charge is -2.26. The maximum atomic E-state index is 5.44. The molecule has 0 saturated carbocycles. The highest BCUT2D eigenvalue weighted by Gasteiger charge is 2.17. The quantitative estimate of drug-likeness (QED) is 0.720. The van der Waals surface area contributed by atoms with Gasteiger partial charge in [-0.2, -0.15) is 0 Å². The molecule has 0 bridgehead atoms. The Morgan fingerprint density at radius 3 is 2.90 bits per heavy atom. The Labute approximate surface area is 171 Å². The zero-order valence-corrected chi connectivity index (χ0v) is 17.0. The van der Waals surface area contributed by atoms with E-state index in [9.17, 15) is 0 Å². The second-order valence-corrected chi connectivity index (χ2v) is 7.94. The fourth-order valence-electron chi connectivity index (χ4n) is 4.40. The SMILES string of the molecule is Cc1nc2cc(-c3ccnc(N4CCOCC4)n3)ccc2n1CCC1CCCN1. The maximum absolute atomic E-state index is 5.44. The van der Waals surface area contributed by atoms with E-state index in [1.807, 2.05) is 12.3 Å². The van der Waals surface area contributed by atoms with Crippen molar-refractivity contribution in [3.8, 4) is 11.3 Å². The highest BCUT2D eigenvalue weighted by atomic mass is 16.5. The van der Waals surface area contributed by atoms with Gasteiger partial charge in [0.2, 0.25) is 5.95 Å². The van der Waals surface area contributed by atoms with E-state index >= 15 is 0 Å². The van der Waals surface area contributed by atoms with Gasteiger partial charge in [0.05, 0.1) is 29.9 Å². The first kappa shape index (κ1) is 18.5. The van der Waals surface area contributed by atoms with Gasteiger partial charge in [0.25, 0.3) is 0 Å². The Balaban J connectivity index is 1.40. The van der Waals surface area contributed by atoms with Crippen LogP contribution in [0.2, 0.25) is 0 Å². The smallest absolute Gasteiger partial charge is 0.226 e. The van der Waals surface area contributed by atoms with Crippen molar-refractivity contribution in [1.82, 2.24) is 24.8 Å². The van der Waals surface area contributed by atoms with Crippen LogP contribution >= 0.6 is 0 Å². The predicted octanol–water partition coefficient (Wildman–Crippen LogP) is 2.78. The third-order valence-electron chi connectivity index (χ3n) is 6.04. The van der Waals surface area contributed by atoms with E-state index in [-0.39, 0.29) is 0 Å². The number of rotatable bonds is 5. The lowest BCUT2D eigenvalue weighted by Crippen LogP contribution is -2.37. The van der Waals surface area contributed by atoms with Crippen LogP contribution in [0.3, 0.4) is 0 Å². The zero-order valence-electron chi connectivity index (χ0n) is 17.0. The topological polar surface area (TPSA) is 68.1 Å². The summed E-state index contributed by atoms with van der Waals surface area (Å²) >= 11 is 0. The monoisotopic (exact) mass is 392 g/mol. The molecule has 152 valence electrons. The van der Waals surface area contributed by atoms with Crippen LogP contribution in [0, 0.1) is 6.92 Å². The number of nitrogens with zero attached hydrogens (tertiary/aromatic N) is 5. The number of aromatic nitrogens is 4. The minimum absolute atomic E-state index is 0.644. The number of morpholine rings is 1. The summed E-state index contributed by atoms with van der Waals surface area (Å²) < 4.78 is 7.78. The lowest BCUT2D eigenvalue weighted by molar-refractivity contribution is 0.122. The van der Waals surface area contributed by atoms with Crippen LogP contribution in [0.5, 0.6) is 0 Å². The Kier molecular flexibility index (Phi) is 5.16. The van der Waals surface area contributed by atoms with Gasteiger partial charge in [-0.25, -0.2) is 15.0 Å². The summed E-state index contributed by atoms with van der Waals surface area (Å²) in [6.07, 6.45) is 5.58. The summed E-state index contributed by atoms with van der Waals surface area (Å²) in [6.45, 7) is 7.39. The van der Waals surface area contributed by atoms with Gasteiger partial charge < -0.3 is 19.5 Å². The Morgan fingerprint density at radius 1 is 1.17 bits per heavy atom. The van der Waals surface area contributed by atoms with Crippen molar-refractivity contribution in [2.24, 2.45) is 0 Å². The van der Waals surface area contributed by atoms with Crippen LogP contribution in [0.25, 0.3) is 22.3 Å². The van der Waals surface area contributed by atoms with Gasteiger partial charge >= 0.3 is 0 Å². The number of hydrogen-bond donors (Lipinski definition) is 1. The van der Waals surface area contributed by atoms with Gasteiger partial charge in [0.15, 0.2) is 0 Å². The molecule has 0 radical (unpaired) electrons. The van der Waals surface area contributed by atoms with Crippen LogP contribution < -0.4 is 10.2 Å². The lowest BCUT2D eigenvalue weighted by atomic mass is 10.1. The van der Waals surface area contributed by atoms with E-state index in [0.29, 0.717) is 6.04 Å². The first-order chi connectivity index (χ1) is 14.3. The van der Waals surface area contributed by atoms with Gasteiger partial charge in [-0.3, -0.25) is 0 Å². The van der Waals surface area contributed by atoms with Crippen molar-refractivity contribution in [3.05, 3.63) is 36.3 Å². The molecule has 7 nitrogen and oxygen atoms in total. The number of aryl methyl sites for hydroxylation is 2. The highest BCUT2D eigenvalue weighted by Crippen LogP contribution is 2.25. The number of imidazole rings is 1. The number of hydrogen-bond acceptors (Lipinski definition) is 6. The molecule has 0 aliphatic carbocycles. The second-order valence-electron chi connectivity index (χ2n) is 7.94. The summed E-state index contributed by atoms with van der Waals surface area (Å²) in [7, 11) is 0. The average Bonchev–Trinajstić information content (AvgIpc) is 3.39. The molecule has 1 aromatic carbocycles. The molecule has 29 heavy (non-hydrogen) atoms. The van der Waals surface area contributed by atoms with E-state index < -0.39 is 0 Å². The van der Waals surface area contributed by atoms with E-state index in [2.05, 4.69) is 44.9 Å². The van der Waals surface area contributed by atoms with E-state index in [1.54, 1.807) is 0 Å². The molecule has 4 heterocycles. The summed E-state index contributed by atoms with van der Waals surface area (Å²) in [4.78, 5) is 16.3. The standard InChI is InChI=1S/C22H28N6O/c1-16-25-20-15-17(4-5-21(20)28(16)10-7-18-3-2-8-23-18)19-6-9-24-22(26-19)27-11-13-29-14-12-27/h4-6,9,15,18,23H,2-3,7-8,10-14H2,1H3. The van der Waals surface area contributed by atoms with Crippen molar-refractivity contribution in [2.45, 2.75) is 38.8 Å². The minimum Gasteiger partial charge on any atom is -0.378 e. The molecule has 3 aromatic rings. The van der Waals surface area contributed by atoms with Crippen molar-refractivity contribution in [3.63, 3.8) is 0 Å². The molecule has 2 aliphatic rings. The third kappa shape index (κ3) is 3.84. The number of nitrogens with one attached hydrogen (secondary N) is 1. The zero-order chi connectivity index (χ0) is 19.6. The largest absolute Gasteiger partial charge is 0.378 e. The van der Waals surface area contributed by atoms with Crippen LogP contribution in [0.15, 0.2) is 30.5 Å². The normalized spacial score (nSPS) is 19.9. The summed E-state index contributed by atoms with van der Waals surface area (Å²) in [5.74, 6) is 1.85. The van der Waals surface area contributed by atoms with E-state index in [1.165, 1.54) is 18.4 Å². The summed E-state index contributed by atoms with van der Waals surface area (Å²) in [6, 6.07) is 9.10. The first-order valence-corrected chi connectivity index (χ1v) is 10.6. The molecule has 5 rings (SSSR count). The van der Waals surface area contributed by atoms with Crippen LogP contribution in [0.1, 0.15) is 25.1 Å². The molecule has 0 spiro atoms. The van der Waals surface area contributed by atoms with Crippen molar-refractivity contribution in [2.75, 3.05) is 37.7 Å². The number of ether oxygens (including phenoxy) is 1. The van der Waals surface area contributed by atoms with Gasteiger partial charge in [0, 0.05) is 37.4 Å².